The maximum atomic E-state index is 13.2. The van der Waals surface area contributed by atoms with Crippen molar-refractivity contribution in [3.8, 4) is 11.5 Å². The average molecular weight is 533 g/mol. The highest BCUT2D eigenvalue weighted by molar-refractivity contribution is 6.13. The Balaban J connectivity index is 1.43. The van der Waals surface area contributed by atoms with Gasteiger partial charge in [-0.15, -0.1) is 6.58 Å². The van der Waals surface area contributed by atoms with Crippen LogP contribution in [0.25, 0.3) is 16.8 Å². The van der Waals surface area contributed by atoms with Crippen molar-refractivity contribution in [3.63, 3.8) is 0 Å². The summed E-state index contributed by atoms with van der Waals surface area (Å²) >= 11 is 0. The Hall–Kier alpha value is -4.84. The minimum atomic E-state index is -0.441. The second-order valence-corrected chi connectivity index (χ2v) is 9.73. The number of ether oxygens (including phenoxy) is 2. The lowest BCUT2D eigenvalue weighted by atomic mass is 10.0. The molecule has 0 aromatic heterocycles. The van der Waals surface area contributed by atoms with E-state index in [1.54, 1.807) is 12.2 Å². The molecule has 5 rings (SSSR count). The normalized spacial score (nSPS) is 14.1. The molecule has 0 spiro atoms. The summed E-state index contributed by atoms with van der Waals surface area (Å²) in [4.78, 5) is 27.1. The van der Waals surface area contributed by atoms with Crippen LogP contribution in [0, 0.1) is 6.92 Å². The molecule has 0 aliphatic carbocycles. The molecule has 0 bridgehead atoms. The molecule has 1 aliphatic heterocycles. The molecule has 1 fully saturated rings. The van der Waals surface area contributed by atoms with Gasteiger partial charge >= 0.3 is 6.03 Å². The first-order valence-corrected chi connectivity index (χ1v) is 13.4. The molecule has 1 aliphatic rings. The Morgan fingerprint density at radius 2 is 1.73 bits per heavy atom. The standard InChI is InChI=1S/C34H32N2O4/c1-4-10-27-18-25(19-30-33(37)36(34(38)35-30)21-24-12-8-11-23(3)17-24)20-31(39-5-2)32(27)40-22-28-15-9-14-26-13-6-7-16-29(26)28/h4,6-9,11-20H,1,5,10,21-22H2,2-3H3,(H,35,38)/b30-19+. The summed E-state index contributed by atoms with van der Waals surface area (Å²) in [6.07, 6.45) is 4.03. The zero-order chi connectivity index (χ0) is 28.1. The molecular formula is C34H32N2O4. The van der Waals surface area contributed by atoms with E-state index in [0.717, 1.165) is 38.6 Å². The second kappa shape index (κ2) is 11.9. The lowest BCUT2D eigenvalue weighted by Gasteiger charge is -2.17. The molecule has 6 nitrogen and oxygen atoms in total. The van der Waals surface area contributed by atoms with Crippen LogP contribution in [-0.4, -0.2) is 23.4 Å². The number of amides is 3. The molecule has 0 radical (unpaired) electrons. The number of nitrogens with zero attached hydrogens (tertiary/aromatic N) is 1. The number of aryl methyl sites for hydroxylation is 1. The van der Waals surface area contributed by atoms with Crippen LogP contribution in [0.5, 0.6) is 11.5 Å². The predicted molar refractivity (Wildman–Crippen MR) is 158 cm³/mol. The molecular weight excluding hydrogens is 500 g/mol. The van der Waals surface area contributed by atoms with E-state index < -0.39 is 6.03 Å². The summed E-state index contributed by atoms with van der Waals surface area (Å²) in [5.41, 5.74) is 4.85. The number of benzene rings is 4. The van der Waals surface area contributed by atoms with Gasteiger partial charge in [0.1, 0.15) is 12.3 Å². The van der Waals surface area contributed by atoms with Gasteiger partial charge in [0.15, 0.2) is 11.5 Å². The first kappa shape index (κ1) is 26.8. The number of hydrogen-bond acceptors (Lipinski definition) is 4. The van der Waals surface area contributed by atoms with Gasteiger partial charge in [-0.2, -0.15) is 0 Å². The van der Waals surface area contributed by atoms with E-state index in [0.29, 0.717) is 31.1 Å². The highest BCUT2D eigenvalue weighted by atomic mass is 16.5. The zero-order valence-electron chi connectivity index (χ0n) is 22.8. The summed E-state index contributed by atoms with van der Waals surface area (Å²) in [5.74, 6) is 0.841. The summed E-state index contributed by atoms with van der Waals surface area (Å²) in [7, 11) is 0. The number of hydrogen-bond donors (Lipinski definition) is 1. The van der Waals surface area contributed by atoms with Crippen molar-refractivity contribution >= 4 is 28.8 Å². The molecule has 0 unspecified atom stereocenters. The van der Waals surface area contributed by atoms with E-state index in [1.807, 2.05) is 68.4 Å². The lowest BCUT2D eigenvalue weighted by molar-refractivity contribution is -0.123. The Morgan fingerprint density at radius 1 is 0.925 bits per heavy atom. The minimum absolute atomic E-state index is 0.205. The zero-order valence-corrected chi connectivity index (χ0v) is 22.8. The number of allylic oxidation sites excluding steroid dienone is 1. The number of urea groups is 1. The molecule has 0 atom stereocenters. The Morgan fingerprint density at radius 3 is 2.52 bits per heavy atom. The van der Waals surface area contributed by atoms with Gasteiger partial charge in [-0.3, -0.25) is 9.69 Å². The van der Waals surface area contributed by atoms with Crippen LogP contribution in [0.2, 0.25) is 0 Å². The lowest BCUT2D eigenvalue weighted by Crippen LogP contribution is -2.30. The topological polar surface area (TPSA) is 67.9 Å². The number of rotatable bonds is 10. The first-order chi connectivity index (χ1) is 19.5. The summed E-state index contributed by atoms with van der Waals surface area (Å²) in [6.45, 7) is 8.82. The van der Waals surface area contributed by atoms with Crippen LogP contribution < -0.4 is 14.8 Å². The highest BCUT2D eigenvalue weighted by Crippen LogP contribution is 2.36. The van der Waals surface area contributed by atoms with E-state index in [9.17, 15) is 9.59 Å². The van der Waals surface area contributed by atoms with Gasteiger partial charge in [0.25, 0.3) is 5.91 Å². The molecule has 0 saturated carbocycles. The molecule has 6 heteroatoms. The minimum Gasteiger partial charge on any atom is -0.490 e. The third-order valence-electron chi connectivity index (χ3n) is 6.77. The maximum absolute atomic E-state index is 13.2. The van der Waals surface area contributed by atoms with Crippen molar-refractivity contribution in [2.24, 2.45) is 0 Å². The van der Waals surface area contributed by atoms with Gasteiger partial charge in [-0.25, -0.2) is 4.79 Å². The van der Waals surface area contributed by atoms with Crippen LogP contribution in [0.1, 0.15) is 34.7 Å². The van der Waals surface area contributed by atoms with Gasteiger partial charge in [0.05, 0.1) is 13.2 Å². The quantitative estimate of drug-likeness (QED) is 0.136. The van der Waals surface area contributed by atoms with Gasteiger partial charge in [-0.05, 0) is 65.9 Å². The molecule has 4 aromatic rings. The number of carbonyl (C=O) groups excluding carboxylic acids is 2. The molecule has 202 valence electrons. The monoisotopic (exact) mass is 532 g/mol. The van der Waals surface area contributed by atoms with Crippen LogP contribution in [0.15, 0.2) is 97.2 Å². The van der Waals surface area contributed by atoms with Gasteiger partial charge in [-0.1, -0.05) is 78.4 Å². The molecule has 1 N–H and O–H groups in total. The first-order valence-electron chi connectivity index (χ1n) is 13.4. The maximum Gasteiger partial charge on any atom is 0.329 e. The van der Waals surface area contributed by atoms with E-state index in [4.69, 9.17) is 9.47 Å². The second-order valence-electron chi connectivity index (χ2n) is 9.73. The number of fused-ring (bicyclic) bond motifs is 1. The van der Waals surface area contributed by atoms with Crippen molar-refractivity contribution in [2.75, 3.05) is 6.61 Å². The largest absolute Gasteiger partial charge is 0.490 e. The third kappa shape index (κ3) is 5.76. The fraction of sp³-hybridized carbons (Fsp3) is 0.176. The summed E-state index contributed by atoms with van der Waals surface area (Å²) in [6, 6.07) is 25.5. The van der Waals surface area contributed by atoms with Crippen molar-refractivity contribution in [3.05, 3.63) is 125 Å². The molecule has 4 aromatic carbocycles. The van der Waals surface area contributed by atoms with Crippen molar-refractivity contribution in [1.82, 2.24) is 10.2 Å². The fourth-order valence-corrected chi connectivity index (χ4v) is 4.94. The van der Waals surface area contributed by atoms with Crippen molar-refractivity contribution < 1.29 is 19.1 Å². The number of imide groups is 1. The fourth-order valence-electron chi connectivity index (χ4n) is 4.94. The Labute approximate surface area is 234 Å². The molecule has 40 heavy (non-hydrogen) atoms. The van der Waals surface area contributed by atoms with Gasteiger partial charge in [0, 0.05) is 5.56 Å². The summed E-state index contributed by atoms with van der Waals surface area (Å²) < 4.78 is 12.4. The molecule has 1 saturated heterocycles. The van der Waals surface area contributed by atoms with Crippen molar-refractivity contribution in [2.45, 2.75) is 33.4 Å². The summed E-state index contributed by atoms with van der Waals surface area (Å²) in [5, 5.41) is 5.02. The van der Waals surface area contributed by atoms with Crippen LogP contribution in [0.4, 0.5) is 4.79 Å². The Kier molecular flexibility index (Phi) is 7.97. The smallest absolute Gasteiger partial charge is 0.329 e. The van der Waals surface area contributed by atoms with E-state index >= 15 is 0 Å². The van der Waals surface area contributed by atoms with E-state index in [2.05, 4.69) is 36.2 Å². The van der Waals surface area contributed by atoms with Gasteiger partial charge < -0.3 is 14.8 Å². The molecule has 3 amide bonds. The van der Waals surface area contributed by atoms with Crippen LogP contribution in [0.3, 0.4) is 0 Å². The average Bonchev–Trinajstić information content (AvgIpc) is 3.20. The van der Waals surface area contributed by atoms with E-state index in [-0.39, 0.29) is 18.1 Å². The SMILES string of the molecule is C=CCc1cc(/C=C2/NC(=O)N(Cc3cccc(C)c3)C2=O)cc(OCC)c1OCc1cccc2ccccc12. The third-order valence-corrected chi connectivity index (χ3v) is 6.77. The van der Waals surface area contributed by atoms with Gasteiger partial charge in [0.2, 0.25) is 0 Å². The van der Waals surface area contributed by atoms with Crippen molar-refractivity contribution in [1.29, 1.82) is 0 Å². The van der Waals surface area contributed by atoms with Crippen LogP contribution in [-0.2, 0) is 24.4 Å². The highest BCUT2D eigenvalue weighted by Gasteiger charge is 2.33. The predicted octanol–water partition coefficient (Wildman–Crippen LogP) is 6.95. The number of carbonyl (C=O) groups is 2. The Bertz CT molecular complexity index is 1620. The van der Waals surface area contributed by atoms with E-state index in [1.165, 1.54) is 4.90 Å². The number of nitrogens with one attached hydrogen (secondary N) is 1. The molecule has 1 heterocycles. The van der Waals surface area contributed by atoms with Crippen LogP contribution >= 0.6 is 0 Å².